The molecule has 0 saturated heterocycles. The molecule has 0 unspecified atom stereocenters. The van der Waals surface area contributed by atoms with Gasteiger partial charge in [-0.15, -0.1) is 13.2 Å². The Morgan fingerprint density at radius 1 is 0.950 bits per heavy atom. The molecular weight excluding hydrogens is 384 g/mol. The summed E-state index contributed by atoms with van der Waals surface area (Å²) in [6.45, 7) is 0. The molecule has 0 aliphatic rings. The Hall–Kier alpha value is -1.44. The lowest BCUT2D eigenvalue weighted by atomic mass is 10.1. The van der Waals surface area contributed by atoms with Crippen LogP contribution in [0.15, 0.2) is 42.5 Å². The van der Waals surface area contributed by atoms with E-state index in [1.165, 1.54) is 6.07 Å². The van der Waals surface area contributed by atoms with Crippen LogP contribution >= 0.6 is 22.6 Å². The van der Waals surface area contributed by atoms with Gasteiger partial charge in [0.15, 0.2) is 0 Å². The number of rotatable bonds is 3. The van der Waals surface area contributed by atoms with E-state index in [0.717, 1.165) is 16.9 Å². The molecule has 2 rings (SSSR count). The third kappa shape index (κ3) is 3.78. The largest absolute Gasteiger partial charge is 0.573 e. The van der Waals surface area contributed by atoms with Gasteiger partial charge in [0.1, 0.15) is 11.5 Å². The van der Waals surface area contributed by atoms with Crippen LogP contribution in [-0.2, 0) is 0 Å². The molecule has 0 saturated carbocycles. The Balaban J connectivity index is 2.28. The molecule has 2 aromatic rings. The standard InChI is InChI=1S/C14H10F3IO2/c1-19-11-5-2-9(3-6-11)10-4-7-13(12(18)8-10)20-14(15,16)17/h2-8H,1H3. The molecule has 2 aromatic carbocycles. The summed E-state index contributed by atoms with van der Waals surface area (Å²) in [6, 6.07) is 11.8. The number of methoxy groups -OCH3 is 1. The maximum Gasteiger partial charge on any atom is 0.573 e. The Bertz CT molecular complexity index is 594. The van der Waals surface area contributed by atoms with Gasteiger partial charge in [-0.3, -0.25) is 0 Å². The van der Waals surface area contributed by atoms with Crippen LogP contribution in [0.5, 0.6) is 11.5 Å². The average Bonchev–Trinajstić information content (AvgIpc) is 2.40. The average molecular weight is 394 g/mol. The topological polar surface area (TPSA) is 18.5 Å². The van der Waals surface area contributed by atoms with Gasteiger partial charge in [0.05, 0.1) is 10.7 Å². The lowest BCUT2D eigenvalue weighted by Gasteiger charge is -2.12. The van der Waals surface area contributed by atoms with Crippen molar-refractivity contribution in [2.24, 2.45) is 0 Å². The van der Waals surface area contributed by atoms with Gasteiger partial charge in [-0.25, -0.2) is 0 Å². The minimum Gasteiger partial charge on any atom is -0.497 e. The molecule has 0 aliphatic heterocycles. The molecule has 0 radical (unpaired) electrons. The van der Waals surface area contributed by atoms with Crippen molar-refractivity contribution >= 4 is 22.6 Å². The molecule has 2 nitrogen and oxygen atoms in total. The molecule has 0 atom stereocenters. The van der Waals surface area contributed by atoms with Crippen LogP contribution in [-0.4, -0.2) is 13.5 Å². The van der Waals surface area contributed by atoms with Crippen molar-refractivity contribution in [2.75, 3.05) is 7.11 Å². The number of alkyl halides is 3. The quantitative estimate of drug-likeness (QED) is 0.692. The maximum absolute atomic E-state index is 12.2. The molecule has 6 heteroatoms. The molecule has 0 N–H and O–H groups in total. The summed E-state index contributed by atoms with van der Waals surface area (Å²) in [5, 5.41) is 0. The Kier molecular flexibility index (Phi) is 4.42. The summed E-state index contributed by atoms with van der Waals surface area (Å²) < 4.78 is 46.0. The lowest BCUT2D eigenvalue weighted by molar-refractivity contribution is -0.274. The van der Waals surface area contributed by atoms with E-state index in [2.05, 4.69) is 4.74 Å². The van der Waals surface area contributed by atoms with Crippen LogP contribution in [0.25, 0.3) is 11.1 Å². The van der Waals surface area contributed by atoms with E-state index in [-0.39, 0.29) is 5.75 Å². The van der Waals surface area contributed by atoms with Crippen LogP contribution in [0, 0.1) is 3.57 Å². The smallest absolute Gasteiger partial charge is 0.497 e. The van der Waals surface area contributed by atoms with Crippen LogP contribution in [0.4, 0.5) is 13.2 Å². The Labute approximate surface area is 127 Å². The van der Waals surface area contributed by atoms with Gasteiger partial charge >= 0.3 is 6.36 Å². The van der Waals surface area contributed by atoms with Gasteiger partial charge in [0.2, 0.25) is 0 Å². The van der Waals surface area contributed by atoms with Gasteiger partial charge in [-0.2, -0.15) is 0 Å². The summed E-state index contributed by atoms with van der Waals surface area (Å²) in [6.07, 6.45) is -4.68. The highest BCUT2D eigenvalue weighted by Crippen LogP contribution is 2.32. The fourth-order valence-electron chi connectivity index (χ4n) is 1.67. The van der Waals surface area contributed by atoms with Gasteiger partial charge in [-0.05, 0) is 58.0 Å². The summed E-state index contributed by atoms with van der Waals surface area (Å²) in [7, 11) is 1.57. The van der Waals surface area contributed by atoms with E-state index in [0.29, 0.717) is 3.57 Å². The van der Waals surface area contributed by atoms with Crippen LogP contribution in [0.3, 0.4) is 0 Å². The van der Waals surface area contributed by atoms with Crippen molar-refractivity contribution < 1.29 is 22.6 Å². The van der Waals surface area contributed by atoms with Crippen molar-refractivity contribution in [1.29, 1.82) is 0 Å². The van der Waals surface area contributed by atoms with Crippen LogP contribution < -0.4 is 9.47 Å². The predicted molar refractivity (Wildman–Crippen MR) is 77.8 cm³/mol. The first-order valence-corrected chi connectivity index (χ1v) is 6.66. The maximum atomic E-state index is 12.2. The van der Waals surface area contributed by atoms with E-state index >= 15 is 0 Å². The first-order valence-electron chi connectivity index (χ1n) is 5.59. The zero-order valence-electron chi connectivity index (χ0n) is 10.4. The highest BCUT2D eigenvalue weighted by atomic mass is 127. The first-order chi connectivity index (χ1) is 9.39. The Morgan fingerprint density at radius 3 is 2.05 bits per heavy atom. The molecule has 20 heavy (non-hydrogen) atoms. The normalized spacial score (nSPS) is 11.2. The third-order valence-electron chi connectivity index (χ3n) is 2.58. The molecule has 0 spiro atoms. The molecular formula is C14H10F3IO2. The molecule has 0 aliphatic carbocycles. The van der Waals surface area contributed by atoms with E-state index < -0.39 is 6.36 Å². The number of hydrogen-bond acceptors (Lipinski definition) is 2. The second-order valence-electron chi connectivity index (χ2n) is 3.92. The minimum atomic E-state index is -4.68. The van der Waals surface area contributed by atoms with Gasteiger partial charge < -0.3 is 9.47 Å². The summed E-state index contributed by atoms with van der Waals surface area (Å²) in [4.78, 5) is 0. The zero-order valence-corrected chi connectivity index (χ0v) is 12.5. The van der Waals surface area contributed by atoms with Crippen LogP contribution in [0.1, 0.15) is 0 Å². The molecule has 0 bridgehead atoms. The summed E-state index contributed by atoms with van der Waals surface area (Å²) in [5.74, 6) is 0.524. The highest BCUT2D eigenvalue weighted by molar-refractivity contribution is 14.1. The Morgan fingerprint density at radius 2 is 1.55 bits per heavy atom. The fraction of sp³-hybridized carbons (Fsp3) is 0.143. The third-order valence-corrected chi connectivity index (χ3v) is 3.42. The summed E-state index contributed by atoms with van der Waals surface area (Å²) >= 11 is 1.82. The van der Waals surface area contributed by atoms with E-state index in [1.807, 2.05) is 34.7 Å². The van der Waals surface area contributed by atoms with E-state index in [9.17, 15) is 13.2 Å². The fourth-order valence-corrected chi connectivity index (χ4v) is 2.30. The lowest BCUT2D eigenvalue weighted by Crippen LogP contribution is -2.17. The van der Waals surface area contributed by atoms with Crippen molar-refractivity contribution in [3.8, 4) is 22.6 Å². The monoisotopic (exact) mass is 394 g/mol. The highest BCUT2D eigenvalue weighted by Gasteiger charge is 2.31. The van der Waals surface area contributed by atoms with Crippen molar-refractivity contribution in [1.82, 2.24) is 0 Å². The van der Waals surface area contributed by atoms with Gasteiger partial charge in [-0.1, -0.05) is 18.2 Å². The first kappa shape index (κ1) is 15.0. The van der Waals surface area contributed by atoms with Crippen molar-refractivity contribution in [2.45, 2.75) is 6.36 Å². The number of hydrogen-bond donors (Lipinski definition) is 0. The minimum absolute atomic E-state index is 0.199. The van der Waals surface area contributed by atoms with Gasteiger partial charge in [0.25, 0.3) is 0 Å². The molecule has 0 amide bonds. The zero-order chi connectivity index (χ0) is 14.8. The molecule has 0 aromatic heterocycles. The second kappa shape index (κ2) is 5.90. The van der Waals surface area contributed by atoms with E-state index in [4.69, 9.17) is 4.74 Å². The molecule has 0 heterocycles. The second-order valence-corrected chi connectivity index (χ2v) is 5.08. The number of ether oxygens (including phenoxy) is 2. The van der Waals surface area contributed by atoms with Crippen molar-refractivity contribution in [3.05, 3.63) is 46.0 Å². The SMILES string of the molecule is COc1ccc(-c2ccc(OC(F)(F)F)c(I)c2)cc1. The van der Waals surface area contributed by atoms with Crippen molar-refractivity contribution in [3.63, 3.8) is 0 Å². The van der Waals surface area contributed by atoms with Crippen LogP contribution in [0.2, 0.25) is 0 Å². The van der Waals surface area contributed by atoms with E-state index in [1.54, 1.807) is 31.4 Å². The molecule has 106 valence electrons. The number of halogens is 4. The predicted octanol–water partition coefficient (Wildman–Crippen LogP) is 4.87. The number of benzene rings is 2. The summed E-state index contributed by atoms with van der Waals surface area (Å²) in [5.41, 5.74) is 1.70. The van der Waals surface area contributed by atoms with Gasteiger partial charge in [0, 0.05) is 0 Å². The molecule has 0 fully saturated rings.